The molecular formula is C19H18FNO3. The highest BCUT2D eigenvalue weighted by atomic mass is 19.1. The lowest BCUT2D eigenvalue weighted by molar-refractivity contribution is -0.141. The van der Waals surface area contributed by atoms with Crippen molar-refractivity contribution in [3.05, 3.63) is 65.0 Å². The Labute approximate surface area is 140 Å². The third-order valence-electron chi connectivity index (χ3n) is 3.71. The van der Waals surface area contributed by atoms with Crippen LogP contribution in [0.25, 0.3) is 0 Å². The van der Waals surface area contributed by atoms with Crippen LogP contribution in [0.5, 0.6) is 0 Å². The largest absolute Gasteiger partial charge is 0.468 e. The van der Waals surface area contributed by atoms with Crippen molar-refractivity contribution < 1.29 is 18.7 Å². The van der Waals surface area contributed by atoms with Crippen molar-refractivity contribution >= 4 is 23.7 Å². The number of hydrogen-bond acceptors (Lipinski definition) is 4. The average molecular weight is 327 g/mol. The summed E-state index contributed by atoms with van der Waals surface area (Å²) in [6, 6.07) is 10.8. The summed E-state index contributed by atoms with van der Waals surface area (Å²) in [5, 5.41) is 0. The molecule has 0 fully saturated rings. The van der Waals surface area contributed by atoms with Gasteiger partial charge in [0.2, 0.25) is 0 Å². The van der Waals surface area contributed by atoms with Gasteiger partial charge in [-0.2, -0.15) is 0 Å². The molecule has 4 nitrogen and oxygen atoms in total. The third kappa shape index (κ3) is 4.13. The minimum atomic E-state index is -1.18. The Morgan fingerprint density at radius 1 is 1.12 bits per heavy atom. The highest BCUT2D eigenvalue weighted by molar-refractivity contribution is 6.18. The van der Waals surface area contributed by atoms with Gasteiger partial charge in [-0.3, -0.25) is 14.6 Å². The van der Waals surface area contributed by atoms with Gasteiger partial charge >= 0.3 is 5.97 Å². The second-order valence-electron chi connectivity index (χ2n) is 5.42. The molecule has 0 amide bonds. The van der Waals surface area contributed by atoms with Crippen molar-refractivity contribution in [2.45, 2.75) is 13.8 Å². The Bertz CT molecular complexity index is 799. The summed E-state index contributed by atoms with van der Waals surface area (Å²) in [4.78, 5) is 28.6. The molecule has 24 heavy (non-hydrogen) atoms. The first-order valence-electron chi connectivity index (χ1n) is 7.41. The predicted molar refractivity (Wildman–Crippen MR) is 90.3 cm³/mol. The minimum absolute atomic E-state index is 0.316. The molecule has 0 N–H and O–H groups in total. The molecule has 0 aliphatic carbocycles. The fourth-order valence-corrected chi connectivity index (χ4v) is 2.15. The number of carbonyl (C=O) groups excluding carboxylic acids is 2. The van der Waals surface area contributed by atoms with Crippen LogP contribution >= 0.6 is 0 Å². The molecule has 2 rings (SSSR count). The lowest BCUT2D eigenvalue weighted by Gasteiger charge is -2.10. The standard InChI is InChI=1S/C19H18FNO3/c1-12-7-8-14(9-13(12)2)18(22)17(19(23)24-3)11-21-16-6-4-5-15(20)10-16/h4-11,17H,1-3H3. The van der Waals surface area contributed by atoms with Gasteiger partial charge in [0.25, 0.3) is 0 Å². The molecule has 0 aliphatic heterocycles. The maximum atomic E-state index is 13.2. The summed E-state index contributed by atoms with van der Waals surface area (Å²) in [5.74, 6) is -2.75. The fourth-order valence-electron chi connectivity index (χ4n) is 2.15. The van der Waals surface area contributed by atoms with Gasteiger partial charge in [-0.1, -0.05) is 18.2 Å². The molecule has 2 aromatic carbocycles. The van der Waals surface area contributed by atoms with E-state index in [1.54, 1.807) is 18.2 Å². The van der Waals surface area contributed by atoms with Gasteiger partial charge in [0, 0.05) is 11.8 Å². The lowest BCUT2D eigenvalue weighted by Crippen LogP contribution is -2.27. The Morgan fingerprint density at radius 3 is 2.50 bits per heavy atom. The zero-order chi connectivity index (χ0) is 17.7. The van der Waals surface area contributed by atoms with E-state index in [-0.39, 0.29) is 0 Å². The Morgan fingerprint density at radius 2 is 1.88 bits per heavy atom. The van der Waals surface area contributed by atoms with Gasteiger partial charge in [-0.05, 0) is 49.2 Å². The van der Waals surface area contributed by atoms with Gasteiger partial charge in [0.1, 0.15) is 5.82 Å². The molecule has 0 aromatic heterocycles. The smallest absolute Gasteiger partial charge is 0.322 e. The van der Waals surface area contributed by atoms with E-state index in [2.05, 4.69) is 4.99 Å². The second kappa shape index (κ2) is 7.64. The molecule has 0 heterocycles. The highest BCUT2D eigenvalue weighted by Crippen LogP contribution is 2.17. The van der Waals surface area contributed by atoms with Gasteiger partial charge < -0.3 is 4.74 Å². The third-order valence-corrected chi connectivity index (χ3v) is 3.71. The summed E-state index contributed by atoms with van der Waals surface area (Å²) in [5.41, 5.74) is 2.72. The molecule has 0 radical (unpaired) electrons. The van der Waals surface area contributed by atoms with E-state index in [1.165, 1.54) is 31.5 Å². The second-order valence-corrected chi connectivity index (χ2v) is 5.42. The number of ketones is 1. The van der Waals surface area contributed by atoms with E-state index in [4.69, 9.17) is 4.74 Å². The van der Waals surface area contributed by atoms with E-state index < -0.39 is 23.5 Å². The zero-order valence-corrected chi connectivity index (χ0v) is 13.7. The number of benzene rings is 2. The summed E-state index contributed by atoms with van der Waals surface area (Å²) >= 11 is 0. The van der Waals surface area contributed by atoms with Crippen LogP contribution in [0.1, 0.15) is 21.5 Å². The zero-order valence-electron chi connectivity index (χ0n) is 13.7. The summed E-state index contributed by atoms with van der Waals surface area (Å²) in [6.07, 6.45) is 1.19. The van der Waals surface area contributed by atoms with E-state index in [1.807, 2.05) is 19.9 Å². The van der Waals surface area contributed by atoms with Gasteiger partial charge in [0.05, 0.1) is 12.8 Å². The molecule has 0 saturated heterocycles. The van der Waals surface area contributed by atoms with Crippen LogP contribution in [0.2, 0.25) is 0 Å². The summed E-state index contributed by atoms with van der Waals surface area (Å²) in [7, 11) is 1.21. The van der Waals surface area contributed by atoms with Gasteiger partial charge in [0.15, 0.2) is 11.7 Å². The molecule has 1 atom stereocenters. The Balaban J connectivity index is 2.32. The molecule has 124 valence electrons. The first kappa shape index (κ1) is 17.5. The van der Waals surface area contributed by atoms with Crippen molar-refractivity contribution in [2.24, 2.45) is 10.9 Å². The summed E-state index contributed by atoms with van der Waals surface area (Å²) in [6.45, 7) is 3.83. The Kier molecular flexibility index (Phi) is 5.58. The molecule has 5 heteroatoms. The van der Waals surface area contributed by atoms with E-state index in [0.717, 1.165) is 11.1 Å². The molecule has 0 aliphatic rings. The number of ether oxygens (including phenoxy) is 1. The molecular weight excluding hydrogens is 309 g/mol. The average Bonchev–Trinajstić information content (AvgIpc) is 2.57. The van der Waals surface area contributed by atoms with Crippen molar-refractivity contribution in [1.29, 1.82) is 0 Å². The van der Waals surface area contributed by atoms with Crippen LogP contribution in [0, 0.1) is 25.6 Å². The number of halogens is 1. The minimum Gasteiger partial charge on any atom is -0.468 e. The summed E-state index contributed by atoms with van der Waals surface area (Å²) < 4.78 is 17.9. The first-order chi connectivity index (χ1) is 11.4. The Hall–Kier alpha value is -2.82. The highest BCUT2D eigenvalue weighted by Gasteiger charge is 2.27. The maximum absolute atomic E-state index is 13.2. The molecule has 1 unspecified atom stereocenters. The van der Waals surface area contributed by atoms with Crippen LogP contribution < -0.4 is 0 Å². The number of aliphatic imine (C=N–C) groups is 1. The quantitative estimate of drug-likeness (QED) is 0.363. The number of hydrogen-bond donors (Lipinski definition) is 0. The molecule has 0 spiro atoms. The number of esters is 1. The number of methoxy groups -OCH3 is 1. The van der Waals surface area contributed by atoms with Crippen LogP contribution in [-0.2, 0) is 9.53 Å². The van der Waals surface area contributed by atoms with Crippen molar-refractivity contribution in [3.63, 3.8) is 0 Å². The van der Waals surface area contributed by atoms with Crippen LogP contribution in [0.15, 0.2) is 47.5 Å². The first-order valence-corrected chi connectivity index (χ1v) is 7.41. The van der Waals surface area contributed by atoms with Gasteiger partial charge in [-0.15, -0.1) is 0 Å². The number of rotatable bonds is 5. The normalized spacial score (nSPS) is 12.2. The van der Waals surface area contributed by atoms with Crippen LogP contribution in [0.3, 0.4) is 0 Å². The monoisotopic (exact) mass is 327 g/mol. The van der Waals surface area contributed by atoms with E-state index in [0.29, 0.717) is 11.3 Å². The lowest BCUT2D eigenvalue weighted by atomic mass is 9.96. The number of Topliss-reactive ketones (excluding diaryl/α,β-unsaturated/α-hetero) is 1. The number of aryl methyl sites for hydroxylation is 2. The van der Waals surface area contributed by atoms with Crippen molar-refractivity contribution in [3.8, 4) is 0 Å². The topological polar surface area (TPSA) is 55.7 Å². The van der Waals surface area contributed by atoms with Crippen LogP contribution in [-0.4, -0.2) is 25.1 Å². The van der Waals surface area contributed by atoms with Crippen molar-refractivity contribution in [2.75, 3.05) is 7.11 Å². The predicted octanol–water partition coefficient (Wildman–Crippen LogP) is 3.82. The number of nitrogens with zero attached hydrogens (tertiary/aromatic N) is 1. The van der Waals surface area contributed by atoms with E-state index in [9.17, 15) is 14.0 Å². The fraction of sp³-hybridized carbons (Fsp3) is 0.211. The number of carbonyl (C=O) groups is 2. The SMILES string of the molecule is COC(=O)C(C=Nc1cccc(F)c1)C(=O)c1ccc(C)c(C)c1. The van der Waals surface area contributed by atoms with Gasteiger partial charge in [-0.25, -0.2) is 4.39 Å². The van der Waals surface area contributed by atoms with Crippen LogP contribution in [0.4, 0.5) is 10.1 Å². The molecule has 0 saturated carbocycles. The molecule has 0 bridgehead atoms. The van der Waals surface area contributed by atoms with Crippen molar-refractivity contribution in [1.82, 2.24) is 0 Å². The maximum Gasteiger partial charge on any atom is 0.322 e. The van der Waals surface area contributed by atoms with E-state index >= 15 is 0 Å². The molecule has 2 aromatic rings.